The number of hydrogen-bond acceptors (Lipinski definition) is 2. The molecule has 1 saturated heterocycles. The van der Waals surface area contributed by atoms with Gasteiger partial charge in [-0.05, 0) is 47.7 Å². The summed E-state index contributed by atoms with van der Waals surface area (Å²) in [7, 11) is 0. The first-order chi connectivity index (χ1) is 16.4. The van der Waals surface area contributed by atoms with E-state index in [1.54, 1.807) is 4.90 Å². The van der Waals surface area contributed by atoms with Gasteiger partial charge < -0.3 is 4.98 Å². The predicted octanol–water partition coefficient (Wildman–Crippen LogP) is 6.08. The van der Waals surface area contributed by atoms with Gasteiger partial charge in [-0.3, -0.25) is 9.69 Å². The van der Waals surface area contributed by atoms with Gasteiger partial charge in [0.1, 0.15) is 12.1 Å². The van der Waals surface area contributed by atoms with E-state index in [0.29, 0.717) is 18.0 Å². The van der Waals surface area contributed by atoms with Crippen LogP contribution in [-0.4, -0.2) is 27.9 Å². The lowest BCUT2D eigenvalue weighted by Crippen LogP contribution is -2.44. The van der Waals surface area contributed by atoms with Gasteiger partial charge in [0.05, 0.1) is 5.69 Å². The number of para-hydroxylation sites is 1. The first-order valence-electron chi connectivity index (χ1n) is 11.9. The third-order valence-electron chi connectivity index (χ3n) is 7.22. The summed E-state index contributed by atoms with van der Waals surface area (Å²) in [6, 6.07) is 23.0. The first kappa shape index (κ1) is 20.7. The highest BCUT2D eigenvalue weighted by atomic mass is 16.2. The average molecular weight is 450 g/mol. The van der Waals surface area contributed by atoms with Crippen LogP contribution in [0.3, 0.4) is 0 Å². The molecule has 2 atom stereocenters. The van der Waals surface area contributed by atoms with Crippen molar-refractivity contribution >= 4 is 28.5 Å². The Hall–Kier alpha value is -3.86. The van der Waals surface area contributed by atoms with Crippen molar-refractivity contribution in [3.8, 4) is 0 Å². The second-order valence-electron chi connectivity index (χ2n) is 9.71. The van der Waals surface area contributed by atoms with E-state index in [0.717, 1.165) is 33.3 Å². The third-order valence-corrected chi connectivity index (χ3v) is 7.22. The molecule has 5 heteroatoms. The maximum atomic E-state index is 13.9. The Balaban J connectivity index is 1.50. The Morgan fingerprint density at radius 2 is 1.71 bits per heavy atom. The van der Waals surface area contributed by atoms with E-state index in [4.69, 9.17) is 0 Å². The summed E-state index contributed by atoms with van der Waals surface area (Å²) in [5.41, 5.74) is 7.10. The van der Waals surface area contributed by atoms with Gasteiger partial charge in [0.25, 0.3) is 5.91 Å². The lowest BCUT2D eigenvalue weighted by Gasteiger charge is -2.36. The van der Waals surface area contributed by atoms with Crippen LogP contribution in [-0.2, 0) is 11.2 Å². The van der Waals surface area contributed by atoms with Gasteiger partial charge in [0, 0.05) is 23.0 Å². The molecule has 2 aliphatic heterocycles. The molecule has 0 spiro atoms. The van der Waals surface area contributed by atoms with Gasteiger partial charge in [-0.15, -0.1) is 0 Å². The number of carbonyl (C=O) groups excluding carboxylic acids is 2. The summed E-state index contributed by atoms with van der Waals surface area (Å²) < 4.78 is 0. The molecule has 4 aromatic rings. The summed E-state index contributed by atoms with van der Waals surface area (Å²) in [6.45, 7) is 6.31. The second-order valence-corrected chi connectivity index (χ2v) is 9.71. The number of imide groups is 1. The summed E-state index contributed by atoms with van der Waals surface area (Å²) >= 11 is 0. The highest BCUT2D eigenvalue weighted by molar-refractivity contribution is 6.22. The number of amides is 3. The first-order valence-corrected chi connectivity index (χ1v) is 11.9. The molecule has 6 rings (SSSR count). The van der Waals surface area contributed by atoms with Crippen LogP contribution in [0.15, 0.2) is 72.8 Å². The van der Waals surface area contributed by atoms with Crippen LogP contribution in [0.25, 0.3) is 10.9 Å². The van der Waals surface area contributed by atoms with E-state index in [-0.39, 0.29) is 18.0 Å². The van der Waals surface area contributed by atoms with Gasteiger partial charge in [0.2, 0.25) is 0 Å². The van der Waals surface area contributed by atoms with Crippen molar-refractivity contribution in [1.82, 2.24) is 9.88 Å². The Morgan fingerprint density at radius 3 is 2.44 bits per heavy atom. The summed E-state index contributed by atoms with van der Waals surface area (Å²) in [6.07, 6.45) is 0.507. The number of urea groups is 1. The number of nitrogens with one attached hydrogen (secondary N) is 1. The van der Waals surface area contributed by atoms with E-state index >= 15 is 0 Å². The molecule has 1 fully saturated rings. The van der Waals surface area contributed by atoms with Gasteiger partial charge >= 0.3 is 6.03 Å². The van der Waals surface area contributed by atoms with E-state index in [9.17, 15) is 9.59 Å². The van der Waals surface area contributed by atoms with Gasteiger partial charge in [-0.25, -0.2) is 9.69 Å². The molecule has 34 heavy (non-hydrogen) atoms. The molecule has 2 aliphatic rings. The zero-order chi connectivity index (χ0) is 23.6. The number of H-pyrrole nitrogens is 1. The number of aromatic nitrogens is 1. The molecule has 0 radical (unpaired) electrons. The molecule has 3 heterocycles. The number of benzene rings is 3. The van der Waals surface area contributed by atoms with Crippen LogP contribution >= 0.6 is 0 Å². The van der Waals surface area contributed by atoms with Crippen LogP contribution in [0.4, 0.5) is 10.5 Å². The lowest BCUT2D eigenvalue weighted by molar-refractivity contribution is -0.120. The maximum Gasteiger partial charge on any atom is 0.332 e. The molecule has 1 N–H and O–H groups in total. The molecule has 3 aromatic carbocycles. The molecule has 5 nitrogen and oxygen atoms in total. The van der Waals surface area contributed by atoms with Crippen LogP contribution in [0.1, 0.15) is 53.8 Å². The fourth-order valence-electron chi connectivity index (χ4n) is 5.51. The summed E-state index contributed by atoms with van der Waals surface area (Å²) in [5.74, 6) is 0.227. The Bertz CT molecular complexity index is 1430. The number of anilines is 1. The zero-order valence-corrected chi connectivity index (χ0v) is 19.6. The number of nitrogens with zero attached hydrogens (tertiary/aromatic N) is 2. The van der Waals surface area contributed by atoms with Crippen molar-refractivity contribution in [2.24, 2.45) is 0 Å². The molecular formula is C29H27N3O2. The SMILES string of the molecule is Cc1cccc(C2c3[nH]c4ccccc4c3CC3C(=O)N(c4ccc(C(C)C)cc4)C(=O)N32)c1. The Morgan fingerprint density at radius 1 is 0.941 bits per heavy atom. The Kier molecular flexibility index (Phi) is 4.63. The number of aryl methyl sites for hydroxylation is 1. The standard InChI is InChI=1S/C29H27N3O2/c1-17(2)19-11-13-21(14-12-19)31-28(33)25-16-23-22-9-4-5-10-24(22)30-26(23)27(32(25)29(31)34)20-8-6-7-18(3)15-20/h4-15,17,25,27,30H,16H2,1-3H3. The molecule has 0 saturated carbocycles. The van der Waals surface area contributed by atoms with Crippen molar-refractivity contribution < 1.29 is 9.59 Å². The minimum atomic E-state index is -0.533. The van der Waals surface area contributed by atoms with Gasteiger partial charge in [-0.2, -0.15) is 0 Å². The minimum Gasteiger partial charge on any atom is -0.356 e. The summed E-state index contributed by atoms with van der Waals surface area (Å²) in [4.78, 5) is 34.3. The molecule has 0 aliphatic carbocycles. The predicted molar refractivity (Wildman–Crippen MR) is 134 cm³/mol. The topological polar surface area (TPSA) is 56.4 Å². The average Bonchev–Trinajstić information content (AvgIpc) is 3.32. The van der Waals surface area contributed by atoms with Crippen molar-refractivity contribution in [2.75, 3.05) is 4.90 Å². The smallest absolute Gasteiger partial charge is 0.332 e. The van der Waals surface area contributed by atoms with E-state index in [1.165, 1.54) is 10.5 Å². The molecule has 1 aromatic heterocycles. The van der Waals surface area contributed by atoms with E-state index in [1.807, 2.05) is 48.5 Å². The molecule has 0 bridgehead atoms. The van der Waals surface area contributed by atoms with Gasteiger partial charge in [-0.1, -0.05) is 74.0 Å². The minimum absolute atomic E-state index is 0.157. The molecule has 170 valence electrons. The highest BCUT2D eigenvalue weighted by Gasteiger charge is 2.53. The molecule has 3 amide bonds. The maximum absolute atomic E-state index is 13.9. The van der Waals surface area contributed by atoms with Gasteiger partial charge in [0.15, 0.2) is 0 Å². The highest BCUT2D eigenvalue weighted by Crippen LogP contribution is 2.45. The number of aromatic amines is 1. The van der Waals surface area contributed by atoms with E-state index in [2.05, 4.69) is 50.0 Å². The summed E-state index contributed by atoms with van der Waals surface area (Å²) in [5, 5.41) is 1.12. The third kappa shape index (κ3) is 3.00. The zero-order valence-electron chi connectivity index (χ0n) is 19.6. The Labute approximate surface area is 199 Å². The largest absolute Gasteiger partial charge is 0.356 e. The fourth-order valence-corrected chi connectivity index (χ4v) is 5.51. The van der Waals surface area contributed by atoms with Crippen molar-refractivity contribution in [3.63, 3.8) is 0 Å². The number of fused-ring (bicyclic) bond motifs is 4. The quantitative estimate of drug-likeness (QED) is 0.385. The molecular weight excluding hydrogens is 422 g/mol. The van der Waals surface area contributed by atoms with Crippen molar-refractivity contribution in [3.05, 3.63) is 101 Å². The van der Waals surface area contributed by atoms with E-state index < -0.39 is 6.04 Å². The van der Waals surface area contributed by atoms with Crippen molar-refractivity contribution in [1.29, 1.82) is 0 Å². The fraction of sp³-hybridized carbons (Fsp3) is 0.241. The molecule has 2 unspecified atom stereocenters. The van der Waals surface area contributed by atoms with Crippen LogP contribution in [0, 0.1) is 6.92 Å². The van der Waals surface area contributed by atoms with Crippen molar-refractivity contribution in [2.45, 2.75) is 45.2 Å². The van der Waals surface area contributed by atoms with Crippen LogP contribution < -0.4 is 4.90 Å². The number of hydrogen-bond donors (Lipinski definition) is 1. The lowest BCUT2D eigenvalue weighted by atomic mass is 9.88. The normalized spacial score (nSPS) is 19.8. The number of rotatable bonds is 3. The number of carbonyl (C=O) groups is 2. The van der Waals surface area contributed by atoms with Crippen LogP contribution in [0.2, 0.25) is 0 Å². The van der Waals surface area contributed by atoms with Crippen LogP contribution in [0.5, 0.6) is 0 Å². The monoisotopic (exact) mass is 449 g/mol. The second kappa shape index (κ2) is 7.59.